The van der Waals surface area contributed by atoms with Crippen molar-refractivity contribution in [1.82, 2.24) is 19.8 Å². The molecule has 1 fully saturated rings. The van der Waals surface area contributed by atoms with Crippen LogP contribution in [0.5, 0.6) is 5.75 Å². The summed E-state index contributed by atoms with van der Waals surface area (Å²) in [5, 5.41) is 4.04. The first-order valence-corrected chi connectivity index (χ1v) is 9.80. The molecule has 7 heteroatoms. The van der Waals surface area contributed by atoms with Gasteiger partial charge < -0.3 is 14.5 Å². The zero-order chi connectivity index (χ0) is 20.1. The van der Waals surface area contributed by atoms with Gasteiger partial charge in [0.25, 0.3) is 0 Å². The normalized spacial score (nSPS) is 14.6. The van der Waals surface area contributed by atoms with Gasteiger partial charge in [-0.15, -0.1) is 9.94 Å². The van der Waals surface area contributed by atoms with Crippen molar-refractivity contribution in [2.75, 3.05) is 13.1 Å². The minimum atomic E-state index is -0.324. The average molecular weight is 392 g/mol. The average Bonchev–Trinajstić information content (AvgIpc) is 3.25. The van der Waals surface area contributed by atoms with Crippen LogP contribution in [0.2, 0.25) is 0 Å². The molecule has 0 aliphatic carbocycles. The van der Waals surface area contributed by atoms with Gasteiger partial charge in [0.1, 0.15) is 11.9 Å². The number of benzene rings is 1. The fourth-order valence-electron chi connectivity index (χ4n) is 3.27. The Morgan fingerprint density at radius 2 is 1.93 bits per heavy atom. The third-order valence-electron chi connectivity index (χ3n) is 4.92. The molecule has 0 saturated carbocycles. The molecule has 29 heavy (non-hydrogen) atoms. The molecule has 0 unspecified atom stereocenters. The smallest absolute Gasteiger partial charge is 0.410 e. The quantitative estimate of drug-likeness (QED) is 0.667. The highest BCUT2D eigenvalue weighted by atomic mass is 16.7. The summed E-state index contributed by atoms with van der Waals surface area (Å²) in [7, 11) is 0. The van der Waals surface area contributed by atoms with Crippen LogP contribution >= 0.6 is 0 Å². The number of nitrogens with zero attached hydrogens (tertiary/aromatic N) is 4. The van der Waals surface area contributed by atoms with E-state index in [1.807, 2.05) is 49.5 Å². The van der Waals surface area contributed by atoms with Crippen LogP contribution in [0.1, 0.15) is 29.7 Å². The highest BCUT2D eigenvalue weighted by Gasteiger charge is 2.25. The Kier molecular flexibility index (Phi) is 5.74. The first-order chi connectivity index (χ1) is 14.2. The molecule has 0 bridgehead atoms. The number of aromatic nitrogens is 3. The SMILES string of the molecule is Cc1ccc(Cc2ccc(OC(=O)N3CCC(On4cccn4)CC3)cc2)nc1. The zero-order valence-corrected chi connectivity index (χ0v) is 16.4. The molecule has 0 atom stereocenters. The van der Waals surface area contributed by atoms with E-state index in [9.17, 15) is 4.79 Å². The molecule has 1 aliphatic rings. The van der Waals surface area contributed by atoms with Gasteiger partial charge in [-0.1, -0.05) is 18.2 Å². The first-order valence-electron chi connectivity index (χ1n) is 9.80. The van der Waals surface area contributed by atoms with Crippen LogP contribution in [-0.2, 0) is 6.42 Å². The summed E-state index contributed by atoms with van der Waals surface area (Å²) in [6.07, 6.45) is 7.28. The molecule has 1 aromatic carbocycles. The monoisotopic (exact) mass is 392 g/mol. The molecular weight excluding hydrogens is 368 g/mol. The second-order valence-corrected chi connectivity index (χ2v) is 7.22. The second-order valence-electron chi connectivity index (χ2n) is 7.22. The number of rotatable bonds is 5. The number of hydrogen-bond donors (Lipinski definition) is 0. The number of hydrogen-bond acceptors (Lipinski definition) is 5. The van der Waals surface area contributed by atoms with Gasteiger partial charge in [-0.25, -0.2) is 4.79 Å². The van der Waals surface area contributed by atoms with Gasteiger partial charge >= 0.3 is 6.09 Å². The Labute approximate surface area is 169 Å². The number of ether oxygens (including phenoxy) is 1. The Hall–Kier alpha value is -3.35. The van der Waals surface area contributed by atoms with Gasteiger partial charge in [-0.05, 0) is 42.3 Å². The van der Waals surface area contributed by atoms with Crippen molar-refractivity contribution in [3.63, 3.8) is 0 Å². The summed E-state index contributed by atoms with van der Waals surface area (Å²) in [5.41, 5.74) is 3.28. The van der Waals surface area contributed by atoms with Gasteiger partial charge in [-0.2, -0.15) is 0 Å². The molecule has 2 aromatic heterocycles. The molecule has 1 saturated heterocycles. The van der Waals surface area contributed by atoms with Crippen LogP contribution < -0.4 is 9.57 Å². The van der Waals surface area contributed by atoms with E-state index < -0.39 is 0 Å². The van der Waals surface area contributed by atoms with E-state index in [1.54, 1.807) is 17.3 Å². The summed E-state index contributed by atoms with van der Waals surface area (Å²) in [6, 6.07) is 13.5. The number of aryl methyl sites for hydroxylation is 1. The summed E-state index contributed by atoms with van der Waals surface area (Å²) in [5.74, 6) is 0.547. The number of amides is 1. The fourth-order valence-corrected chi connectivity index (χ4v) is 3.27. The maximum atomic E-state index is 12.4. The summed E-state index contributed by atoms with van der Waals surface area (Å²) >= 11 is 0. The van der Waals surface area contributed by atoms with Crippen molar-refractivity contribution < 1.29 is 14.4 Å². The molecule has 0 radical (unpaired) electrons. The third-order valence-corrected chi connectivity index (χ3v) is 4.92. The minimum absolute atomic E-state index is 0.0496. The largest absolute Gasteiger partial charge is 0.415 e. The topological polar surface area (TPSA) is 69.5 Å². The zero-order valence-electron chi connectivity index (χ0n) is 16.4. The molecule has 1 amide bonds. The Balaban J connectivity index is 1.26. The van der Waals surface area contributed by atoms with Crippen molar-refractivity contribution in [3.05, 3.63) is 77.9 Å². The standard InChI is InChI=1S/C22H24N4O3/c1-17-3-6-19(23-16-17)15-18-4-7-20(8-5-18)28-22(27)25-13-9-21(10-14-25)29-26-12-2-11-24-26/h2-8,11-12,16,21H,9-10,13-15H2,1H3. The molecule has 7 nitrogen and oxygen atoms in total. The number of piperidine rings is 1. The van der Waals surface area contributed by atoms with Crippen LogP contribution in [-0.4, -0.2) is 45.1 Å². The van der Waals surface area contributed by atoms with E-state index in [4.69, 9.17) is 9.57 Å². The second kappa shape index (κ2) is 8.77. The lowest BCUT2D eigenvalue weighted by Gasteiger charge is -2.30. The Morgan fingerprint density at radius 3 is 2.59 bits per heavy atom. The molecule has 1 aliphatic heterocycles. The lowest BCUT2D eigenvalue weighted by molar-refractivity contribution is -0.0162. The fraction of sp³-hybridized carbons (Fsp3) is 0.318. The third kappa shape index (κ3) is 5.13. The summed E-state index contributed by atoms with van der Waals surface area (Å²) in [6.45, 7) is 3.22. The highest BCUT2D eigenvalue weighted by Crippen LogP contribution is 2.18. The summed E-state index contributed by atoms with van der Waals surface area (Å²) in [4.78, 5) is 25.8. The van der Waals surface area contributed by atoms with Crippen LogP contribution in [0.3, 0.4) is 0 Å². The van der Waals surface area contributed by atoms with E-state index >= 15 is 0 Å². The van der Waals surface area contributed by atoms with Gasteiger partial charge in [-0.3, -0.25) is 4.98 Å². The number of carbonyl (C=O) groups is 1. The van der Waals surface area contributed by atoms with E-state index in [0.29, 0.717) is 18.8 Å². The van der Waals surface area contributed by atoms with Crippen LogP contribution in [0.25, 0.3) is 0 Å². The van der Waals surface area contributed by atoms with Crippen LogP contribution in [0.15, 0.2) is 61.1 Å². The molecule has 0 N–H and O–H groups in total. The molecule has 3 heterocycles. The molecule has 3 aromatic rings. The van der Waals surface area contributed by atoms with Crippen molar-refractivity contribution in [3.8, 4) is 5.75 Å². The lowest BCUT2D eigenvalue weighted by atomic mass is 10.1. The molecule has 0 spiro atoms. The van der Waals surface area contributed by atoms with E-state index in [0.717, 1.165) is 36.1 Å². The maximum Gasteiger partial charge on any atom is 0.415 e. The molecule has 150 valence electrons. The first kappa shape index (κ1) is 19.0. The van der Waals surface area contributed by atoms with E-state index in [-0.39, 0.29) is 12.2 Å². The Morgan fingerprint density at radius 1 is 1.14 bits per heavy atom. The highest BCUT2D eigenvalue weighted by molar-refractivity contribution is 5.70. The van der Waals surface area contributed by atoms with Gasteiger partial charge in [0.2, 0.25) is 0 Å². The van der Waals surface area contributed by atoms with E-state index in [2.05, 4.69) is 16.1 Å². The van der Waals surface area contributed by atoms with Crippen molar-refractivity contribution in [2.45, 2.75) is 32.3 Å². The molecular formula is C22H24N4O3. The number of pyridine rings is 1. The minimum Gasteiger partial charge on any atom is -0.410 e. The predicted molar refractivity (Wildman–Crippen MR) is 108 cm³/mol. The van der Waals surface area contributed by atoms with Gasteiger partial charge in [0, 0.05) is 44.2 Å². The number of carbonyl (C=O) groups excluding carboxylic acids is 1. The number of likely N-dealkylation sites (tertiary alicyclic amines) is 1. The van der Waals surface area contributed by atoms with Crippen molar-refractivity contribution in [2.24, 2.45) is 0 Å². The van der Waals surface area contributed by atoms with Crippen molar-refractivity contribution >= 4 is 6.09 Å². The van der Waals surface area contributed by atoms with Crippen LogP contribution in [0, 0.1) is 6.92 Å². The van der Waals surface area contributed by atoms with Gasteiger partial charge in [0.05, 0.1) is 12.4 Å². The van der Waals surface area contributed by atoms with Crippen LogP contribution in [0.4, 0.5) is 4.79 Å². The van der Waals surface area contributed by atoms with E-state index in [1.165, 1.54) is 4.85 Å². The lowest BCUT2D eigenvalue weighted by Crippen LogP contribution is -2.44. The predicted octanol–water partition coefficient (Wildman–Crippen LogP) is 3.27. The molecule has 4 rings (SSSR count). The Bertz CT molecular complexity index is 916. The van der Waals surface area contributed by atoms with Gasteiger partial charge in [0.15, 0.2) is 0 Å². The summed E-state index contributed by atoms with van der Waals surface area (Å²) < 4.78 is 5.53. The van der Waals surface area contributed by atoms with Crippen molar-refractivity contribution in [1.29, 1.82) is 0 Å². The maximum absolute atomic E-state index is 12.4.